The predicted octanol–water partition coefficient (Wildman–Crippen LogP) is 6.71. The number of methoxy groups -OCH3 is 1. The molecule has 0 aromatic heterocycles. The van der Waals surface area contributed by atoms with Crippen molar-refractivity contribution in [1.29, 1.82) is 0 Å². The fourth-order valence-electron chi connectivity index (χ4n) is 4.58. The number of fused-ring (bicyclic) bond motifs is 1. The van der Waals surface area contributed by atoms with E-state index in [1.807, 2.05) is 62.4 Å². The molecule has 0 bridgehead atoms. The van der Waals surface area contributed by atoms with Gasteiger partial charge in [0, 0.05) is 17.7 Å². The van der Waals surface area contributed by atoms with Gasteiger partial charge in [-0.1, -0.05) is 43.0 Å². The summed E-state index contributed by atoms with van der Waals surface area (Å²) in [5.74, 6) is 0.288. The van der Waals surface area contributed by atoms with Crippen LogP contribution in [0, 0.1) is 5.82 Å². The average molecular weight is 462 g/mol. The Balaban J connectivity index is 1.80. The van der Waals surface area contributed by atoms with Crippen LogP contribution in [0.3, 0.4) is 0 Å². The lowest BCUT2D eigenvalue weighted by atomic mass is 9.85. The molecule has 0 unspecified atom stereocenters. The van der Waals surface area contributed by atoms with E-state index in [0.29, 0.717) is 35.4 Å². The van der Waals surface area contributed by atoms with E-state index in [1.54, 1.807) is 7.11 Å². The molecule has 0 saturated heterocycles. The van der Waals surface area contributed by atoms with Crippen molar-refractivity contribution < 1.29 is 23.8 Å². The van der Waals surface area contributed by atoms with Gasteiger partial charge in [-0.2, -0.15) is 0 Å². The van der Waals surface area contributed by atoms with Gasteiger partial charge in [0.15, 0.2) is 11.6 Å². The molecule has 34 heavy (non-hydrogen) atoms. The van der Waals surface area contributed by atoms with E-state index in [-0.39, 0.29) is 18.4 Å². The van der Waals surface area contributed by atoms with E-state index in [2.05, 4.69) is 6.58 Å². The summed E-state index contributed by atoms with van der Waals surface area (Å²) in [5.41, 5.74) is 5.48. The summed E-state index contributed by atoms with van der Waals surface area (Å²) in [6.07, 6.45) is -0.444. The molecule has 0 spiro atoms. The summed E-state index contributed by atoms with van der Waals surface area (Å²) in [5, 5.41) is 9.55. The number of hydrogen-bond donors (Lipinski definition) is 1. The van der Waals surface area contributed by atoms with Crippen molar-refractivity contribution in [3.63, 3.8) is 0 Å². The monoisotopic (exact) mass is 461 g/mol. The van der Waals surface area contributed by atoms with Crippen molar-refractivity contribution in [3.05, 3.63) is 89.2 Å². The quantitative estimate of drug-likeness (QED) is 0.443. The molecule has 1 amide bonds. The van der Waals surface area contributed by atoms with Crippen LogP contribution in [0.1, 0.15) is 42.1 Å². The Hall–Kier alpha value is -3.80. The molecule has 4 rings (SSSR count). The number of benzene rings is 3. The van der Waals surface area contributed by atoms with Crippen LogP contribution in [0.4, 0.5) is 9.18 Å². The molecule has 3 aromatic carbocycles. The van der Waals surface area contributed by atoms with Gasteiger partial charge < -0.3 is 19.5 Å². The number of hydrogen-bond acceptors (Lipinski definition) is 3. The Morgan fingerprint density at radius 1 is 1.21 bits per heavy atom. The number of ether oxygens (including phenoxy) is 2. The molecule has 5 nitrogen and oxygen atoms in total. The first-order chi connectivity index (χ1) is 16.3. The van der Waals surface area contributed by atoms with E-state index in [9.17, 15) is 9.90 Å². The number of amides is 1. The van der Waals surface area contributed by atoms with Crippen molar-refractivity contribution in [1.82, 2.24) is 4.90 Å². The van der Waals surface area contributed by atoms with Gasteiger partial charge in [-0.3, -0.25) is 0 Å². The summed E-state index contributed by atoms with van der Waals surface area (Å²) in [4.78, 5) is 13.1. The van der Waals surface area contributed by atoms with Crippen LogP contribution in [0.2, 0.25) is 0 Å². The molecule has 3 aromatic rings. The van der Waals surface area contributed by atoms with Crippen molar-refractivity contribution in [2.45, 2.75) is 32.9 Å². The highest BCUT2D eigenvalue weighted by Gasteiger charge is 2.31. The van der Waals surface area contributed by atoms with E-state index in [1.165, 1.54) is 11.0 Å². The lowest BCUT2D eigenvalue weighted by molar-refractivity contribution is 0.124. The van der Waals surface area contributed by atoms with Gasteiger partial charge in [0.1, 0.15) is 12.4 Å². The molecule has 1 heterocycles. The molecule has 1 aliphatic heterocycles. The lowest BCUT2D eigenvalue weighted by Crippen LogP contribution is -2.38. The molecule has 176 valence electrons. The number of rotatable bonds is 6. The maximum atomic E-state index is 15.5. The van der Waals surface area contributed by atoms with Gasteiger partial charge in [-0.25, -0.2) is 9.18 Å². The second kappa shape index (κ2) is 9.59. The lowest BCUT2D eigenvalue weighted by Gasteiger charge is -2.34. The molecular weight excluding hydrogens is 433 g/mol. The molecule has 0 radical (unpaired) electrons. The van der Waals surface area contributed by atoms with Crippen LogP contribution in [-0.4, -0.2) is 29.8 Å². The highest BCUT2D eigenvalue weighted by molar-refractivity contribution is 5.81. The summed E-state index contributed by atoms with van der Waals surface area (Å²) in [7, 11) is 1.58. The Morgan fingerprint density at radius 3 is 2.59 bits per heavy atom. The van der Waals surface area contributed by atoms with Gasteiger partial charge in [-0.05, 0) is 66.3 Å². The number of carbonyl (C=O) groups is 1. The molecule has 1 atom stereocenters. The largest absolute Gasteiger partial charge is 0.496 e. The van der Waals surface area contributed by atoms with Gasteiger partial charge in [0.05, 0.1) is 13.2 Å². The van der Waals surface area contributed by atoms with Gasteiger partial charge in [0.25, 0.3) is 0 Å². The topological polar surface area (TPSA) is 59.0 Å². The maximum Gasteiger partial charge on any atom is 0.407 e. The van der Waals surface area contributed by atoms with Gasteiger partial charge >= 0.3 is 6.09 Å². The first-order valence-corrected chi connectivity index (χ1v) is 11.2. The van der Waals surface area contributed by atoms with E-state index >= 15 is 4.39 Å². The van der Waals surface area contributed by atoms with Crippen LogP contribution in [0.15, 0.2) is 61.2 Å². The van der Waals surface area contributed by atoms with Crippen LogP contribution < -0.4 is 9.47 Å². The Labute approximate surface area is 199 Å². The number of nitrogens with zero attached hydrogens (tertiary/aromatic N) is 1. The minimum absolute atomic E-state index is 0.161. The molecule has 6 heteroatoms. The van der Waals surface area contributed by atoms with Crippen LogP contribution in [-0.2, 0) is 13.0 Å². The summed E-state index contributed by atoms with van der Waals surface area (Å²) in [6.45, 7) is 8.32. The zero-order chi connectivity index (χ0) is 24.4. The third kappa shape index (κ3) is 4.36. The fraction of sp³-hybridized carbons (Fsp3) is 0.250. The van der Waals surface area contributed by atoms with E-state index < -0.39 is 11.9 Å². The summed E-state index contributed by atoms with van der Waals surface area (Å²) >= 11 is 0. The highest BCUT2D eigenvalue weighted by atomic mass is 19.1. The van der Waals surface area contributed by atoms with E-state index in [0.717, 1.165) is 22.3 Å². The highest BCUT2D eigenvalue weighted by Crippen LogP contribution is 2.43. The molecule has 0 saturated carbocycles. The average Bonchev–Trinajstić information content (AvgIpc) is 2.82. The van der Waals surface area contributed by atoms with E-state index in [4.69, 9.17) is 9.47 Å². The number of allylic oxidation sites excluding steroid dienone is 1. The predicted molar refractivity (Wildman–Crippen MR) is 131 cm³/mol. The Kier molecular flexibility index (Phi) is 6.59. The van der Waals surface area contributed by atoms with Crippen molar-refractivity contribution in [3.8, 4) is 22.6 Å². The zero-order valence-corrected chi connectivity index (χ0v) is 19.6. The molecule has 0 fully saturated rings. The summed E-state index contributed by atoms with van der Waals surface area (Å²) in [6, 6.07) is 16.3. The second-order valence-corrected chi connectivity index (χ2v) is 8.50. The van der Waals surface area contributed by atoms with Crippen molar-refractivity contribution in [2.24, 2.45) is 0 Å². The Bertz CT molecular complexity index is 1240. The minimum atomic E-state index is -0.953. The molecular formula is C28H28FNO4. The van der Waals surface area contributed by atoms with Crippen molar-refractivity contribution in [2.75, 3.05) is 13.7 Å². The minimum Gasteiger partial charge on any atom is -0.496 e. The van der Waals surface area contributed by atoms with Crippen LogP contribution >= 0.6 is 0 Å². The Morgan fingerprint density at radius 2 is 1.94 bits per heavy atom. The SMILES string of the molecule is C=C(C)c1cc(-c2c(OC)ccc3c2CCN(C(=O)O)[C@@H]3C)cc(F)c1OCc1ccccc1. The number of halogens is 1. The zero-order valence-electron chi connectivity index (χ0n) is 19.6. The maximum absolute atomic E-state index is 15.5. The molecule has 1 N–H and O–H groups in total. The van der Waals surface area contributed by atoms with Crippen LogP contribution in [0.5, 0.6) is 11.5 Å². The third-order valence-electron chi connectivity index (χ3n) is 6.31. The number of carboxylic acid groups (broad SMARTS) is 1. The smallest absolute Gasteiger partial charge is 0.407 e. The summed E-state index contributed by atoms with van der Waals surface area (Å²) < 4.78 is 27.0. The first-order valence-electron chi connectivity index (χ1n) is 11.2. The first kappa shape index (κ1) is 23.4. The van der Waals surface area contributed by atoms with Gasteiger partial charge in [-0.15, -0.1) is 0 Å². The molecule has 1 aliphatic rings. The fourth-order valence-corrected chi connectivity index (χ4v) is 4.58. The normalized spacial score (nSPS) is 14.9. The van der Waals surface area contributed by atoms with Gasteiger partial charge in [0.2, 0.25) is 0 Å². The third-order valence-corrected chi connectivity index (χ3v) is 6.31. The second-order valence-electron chi connectivity index (χ2n) is 8.50. The van der Waals surface area contributed by atoms with Crippen LogP contribution in [0.25, 0.3) is 16.7 Å². The molecule has 0 aliphatic carbocycles. The standard InChI is InChI=1S/C28H28FNO4/c1-17(2)23-14-20(15-24(29)27(23)34-16-19-8-6-5-7-9-19)26-22-12-13-30(28(31)32)18(3)21(22)10-11-25(26)33-4/h5-11,14-15,18H,1,12-13,16H2,2-4H3,(H,31,32)/t18-/m1/s1. The van der Waals surface area contributed by atoms with Crippen molar-refractivity contribution >= 4 is 11.7 Å².